The van der Waals surface area contributed by atoms with E-state index in [0.29, 0.717) is 11.3 Å². The number of nitrogens with one attached hydrogen (secondary N) is 1. The average Bonchev–Trinajstić information content (AvgIpc) is 2.45. The van der Waals surface area contributed by atoms with Crippen molar-refractivity contribution in [3.63, 3.8) is 0 Å². The van der Waals surface area contributed by atoms with E-state index >= 15 is 0 Å². The summed E-state index contributed by atoms with van der Waals surface area (Å²) in [5.41, 5.74) is 0.870. The van der Waals surface area contributed by atoms with E-state index in [0.717, 1.165) is 0 Å². The van der Waals surface area contributed by atoms with Gasteiger partial charge in [0, 0.05) is 11.8 Å². The zero-order valence-corrected chi connectivity index (χ0v) is 11.2. The van der Waals surface area contributed by atoms with Gasteiger partial charge in [0.05, 0.1) is 12.7 Å². The minimum absolute atomic E-state index is 0.373. The molecule has 0 aliphatic heterocycles. The predicted octanol–water partition coefficient (Wildman–Crippen LogP) is 1.53. The van der Waals surface area contributed by atoms with Crippen molar-refractivity contribution in [3.8, 4) is 0 Å². The summed E-state index contributed by atoms with van der Waals surface area (Å²) in [4.78, 5) is 33.7. The summed E-state index contributed by atoms with van der Waals surface area (Å²) in [5, 5.41) is 2.53. The Bertz CT molecular complexity index is 519. The van der Waals surface area contributed by atoms with E-state index in [-0.39, 0.29) is 6.61 Å². The van der Waals surface area contributed by atoms with Gasteiger partial charge in [0.15, 0.2) is 6.61 Å². The molecule has 1 N–H and O–H groups in total. The molecule has 0 bridgehead atoms. The summed E-state index contributed by atoms with van der Waals surface area (Å²) in [6.07, 6.45) is 2.74. The van der Waals surface area contributed by atoms with Gasteiger partial charge in [-0.15, -0.1) is 0 Å². The average molecular weight is 277 g/mol. The number of hydrogen-bond acceptors (Lipinski definition) is 5. The largest absolute Gasteiger partial charge is 0.465 e. The second-order valence-electron chi connectivity index (χ2n) is 3.72. The molecular weight excluding hydrogens is 262 g/mol. The van der Waals surface area contributed by atoms with Crippen LogP contribution in [-0.4, -0.2) is 31.6 Å². The van der Waals surface area contributed by atoms with E-state index in [1.807, 2.05) is 0 Å². The molecule has 1 aromatic carbocycles. The van der Waals surface area contributed by atoms with E-state index in [4.69, 9.17) is 0 Å². The first kappa shape index (κ1) is 15.4. The van der Waals surface area contributed by atoms with E-state index in [1.165, 1.54) is 31.4 Å². The number of hydrogen-bond donors (Lipinski definition) is 1. The van der Waals surface area contributed by atoms with Crippen LogP contribution in [0, 0.1) is 0 Å². The number of esters is 2. The maximum Gasteiger partial charge on any atom is 0.337 e. The number of carbonyl (C=O) groups is 3. The fourth-order valence-corrected chi connectivity index (χ4v) is 1.33. The number of rotatable bonds is 5. The molecule has 0 saturated heterocycles. The number of carbonyl (C=O) groups excluding carboxylic acids is 3. The van der Waals surface area contributed by atoms with E-state index in [9.17, 15) is 14.4 Å². The maximum atomic E-state index is 11.5. The normalized spacial score (nSPS) is 10.1. The topological polar surface area (TPSA) is 81.7 Å². The zero-order chi connectivity index (χ0) is 15.0. The van der Waals surface area contributed by atoms with Gasteiger partial charge in [0.25, 0.3) is 5.91 Å². The van der Waals surface area contributed by atoms with Crippen LogP contribution in [0.4, 0.5) is 5.69 Å². The van der Waals surface area contributed by atoms with Crippen molar-refractivity contribution in [2.24, 2.45) is 0 Å². The summed E-state index contributed by atoms with van der Waals surface area (Å²) < 4.78 is 9.24. The van der Waals surface area contributed by atoms with Gasteiger partial charge in [-0.1, -0.05) is 6.08 Å². The van der Waals surface area contributed by atoms with Gasteiger partial charge in [-0.2, -0.15) is 0 Å². The van der Waals surface area contributed by atoms with Crippen LogP contribution in [-0.2, 0) is 19.1 Å². The number of benzene rings is 1. The number of anilines is 1. The molecular formula is C14H15NO5. The molecule has 1 amide bonds. The second kappa shape index (κ2) is 7.73. The zero-order valence-electron chi connectivity index (χ0n) is 11.2. The highest BCUT2D eigenvalue weighted by molar-refractivity contribution is 5.94. The molecule has 20 heavy (non-hydrogen) atoms. The third-order valence-electron chi connectivity index (χ3n) is 2.24. The molecule has 0 atom stereocenters. The molecule has 0 radical (unpaired) electrons. The minimum atomic E-state index is -0.580. The van der Waals surface area contributed by atoms with Crippen molar-refractivity contribution in [1.82, 2.24) is 0 Å². The monoisotopic (exact) mass is 277 g/mol. The van der Waals surface area contributed by atoms with Crippen LogP contribution in [0.1, 0.15) is 17.3 Å². The van der Waals surface area contributed by atoms with Crippen LogP contribution in [0.25, 0.3) is 0 Å². The SMILES string of the molecule is C/C=C/C(=O)OCC(=O)Nc1ccc(C(=O)OC)cc1. The lowest BCUT2D eigenvalue weighted by Gasteiger charge is -2.06. The first-order valence-corrected chi connectivity index (χ1v) is 5.84. The summed E-state index contributed by atoms with van der Waals surface area (Å²) >= 11 is 0. The van der Waals surface area contributed by atoms with Crippen LogP contribution in [0.15, 0.2) is 36.4 Å². The lowest BCUT2D eigenvalue weighted by Crippen LogP contribution is -2.20. The minimum Gasteiger partial charge on any atom is -0.465 e. The van der Waals surface area contributed by atoms with Crippen molar-refractivity contribution in [2.45, 2.75) is 6.92 Å². The predicted molar refractivity (Wildman–Crippen MR) is 72.2 cm³/mol. The highest BCUT2D eigenvalue weighted by Gasteiger charge is 2.07. The Balaban J connectivity index is 2.50. The van der Waals surface area contributed by atoms with Crippen LogP contribution in [0.3, 0.4) is 0 Å². The molecule has 0 spiro atoms. The second-order valence-corrected chi connectivity index (χ2v) is 3.72. The molecule has 0 fully saturated rings. The van der Waals surface area contributed by atoms with Crippen molar-refractivity contribution >= 4 is 23.5 Å². The Hall–Kier alpha value is -2.63. The van der Waals surface area contributed by atoms with Crippen LogP contribution in [0.5, 0.6) is 0 Å². The van der Waals surface area contributed by atoms with Crippen molar-refractivity contribution < 1.29 is 23.9 Å². The molecule has 0 saturated carbocycles. The third kappa shape index (κ3) is 4.93. The van der Waals surface area contributed by atoms with Crippen molar-refractivity contribution in [1.29, 1.82) is 0 Å². The van der Waals surface area contributed by atoms with Crippen molar-refractivity contribution in [3.05, 3.63) is 42.0 Å². The molecule has 1 rings (SSSR count). The number of methoxy groups -OCH3 is 1. The lowest BCUT2D eigenvalue weighted by atomic mass is 10.2. The number of allylic oxidation sites excluding steroid dienone is 1. The summed E-state index contributed by atoms with van der Waals surface area (Å²) in [6.45, 7) is 1.30. The van der Waals surface area contributed by atoms with E-state index in [1.54, 1.807) is 19.1 Å². The third-order valence-corrected chi connectivity index (χ3v) is 2.24. The Morgan fingerprint density at radius 3 is 2.40 bits per heavy atom. The highest BCUT2D eigenvalue weighted by atomic mass is 16.5. The van der Waals surface area contributed by atoms with Crippen LogP contribution < -0.4 is 5.32 Å². The van der Waals surface area contributed by atoms with E-state index < -0.39 is 17.8 Å². The van der Waals surface area contributed by atoms with Crippen LogP contribution >= 0.6 is 0 Å². The van der Waals surface area contributed by atoms with Crippen molar-refractivity contribution in [2.75, 3.05) is 19.0 Å². The quantitative estimate of drug-likeness (QED) is 0.652. The van der Waals surface area contributed by atoms with Gasteiger partial charge in [0.1, 0.15) is 0 Å². The van der Waals surface area contributed by atoms with Gasteiger partial charge in [0.2, 0.25) is 0 Å². The fourth-order valence-electron chi connectivity index (χ4n) is 1.33. The molecule has 6 heteroatoms. The van der Waals surface area contributed by atoms with Gasteiger partial charge in [-0.25, -0.2) is 9.59 Å². The number of amides is 1. The standard InChI is InChI=1S/C14H15NO5/c1-3-4-13(17)20-9-12(16)15-11-7-5-10(6-8-11)14(18)19-2/h3-8H,9H2,1-2H3,(H,15,16)/b4-3+. The molecule has 0 heterocycles. The van der Waals surface area contributed by atoms with E-state index in [2.05, 4.69) is 14.8 Å². The summed E-state index contributed by atoms with van der Waals surface area (Å²) in [5.74, 6) is -1.50. The fraction of sp³-hybridized carbons (Fsp3) is 0.214. The number of ether oxygens (including phenoxy) is 2. The van der Waals surface area contributed by atoms with Gasteiger partial charge >= 0.3 is 11.9 Å². The van der Waals surface area contributed by atoms with Crippen LogP contribution in [0.2, 0.25) is 0 Å². The maximum absolute atomic E-state index is 11.5. The molecule has 0 aromatic heterocycles. The molecule has 6 nitrogen and oxygen atoms in total. The molecule has 0 aliphatic rings. The summed E-state index contributed by atoms with van der Waals surface area (Å²) in [7, 11) is 1.29. The van der Waals surface area contributed by atoms with Gasteiger partial charge < -0.3 is 14.8 Å². The smallest absolute Gasteiger partial charge is 0.337 e. The highest BCUT2D eigenvalue weighted by Crippen LogP contribution is 2.10. The Morgan fingerprint density at radius 1 is 1.20 bits per heavy atom. The van der Waals surface area contributed by atoms with Gasteiger partial charge in [-0.05, 0) is 31.2 Å². The lowest BCUT2D eigenvalue weighted by molar-refractivity contribution is -0.142. The molecule has 0 aliphatic carbocycles. The first-order valence-electron chi connectivity index (χ1n) is 5.84. The molecule has 0 unspecified atom stereocenters. The Morgan fingerprint density at radius 2 is 1.85 bits per heavy atom. The Labute approximate surface area is 116 Å². The Kier molecular flexibility index (Phi) is 5.96. The molecule has 106 valence electrons. The first-order chi connectivity index (χ1) is 9.56. The summed E-state index contributed by atoms with van der Waals surface area (Å²) in [6, 6.07) is 6.15. The molecule has 1 aromatic rings. The van der Waals surface area contributed by atoms with Gasteiger partial charge in [-0.3, -0.25) is 4.79 Å².